The van der Waals surface area contributed by atoms with E-state index >= 15 is 0 Å². The molecule has 0 aliphatic heterocycles. The minimum atomic E-state index is -0.280. The number of aliphatic hydroxyl groups is 1. The maximum atomic E-state index is 10.7. The highest BCUT2D eigenvalue weighted by Gasteiger charge is 2.02. The number of carbonyl (C=O) groups excluding carboxylic acids is 1. The zero-order valence-corrected chi connectivity index (χ0v) is 5.92. The molecule has 0 rings (SSSR count). The van der Waals surface area contributed by atoms with Gasteiger partial charge >= 0.3 is 0 Å². The van der Waals surface area contributed by atoms with Gasteiger partial charge in [0.2, 0.25) is 0 Å². The standard InChI is InChI=1S/C8H10O2/c1-4-7(9)6(3)8(10)5-2/h4-5,9H,1-2H2,3H3/b7-6-. The number of hydrogen-bond donors (Lipinski definition) is 1. The molecule has 0 aromatic carbocycles. The second-order valence-corrected chi connectivity index (χ2v) is 1.78. The van der Waals surface area contributed by atoms with Gasteiger partial charge in [0.05, 0.1) is 0 Å². The van der Waals surface area contributed by atoms with Crippen LogP contribution >= 0.6 is 0 Å². The van der Waals surface area contributed by atoms with Crippen molar-refractivity contribution in [2.24, 2.45) is 0 Å². The lowest BCUT2D eigenvalue weighted by atomic mass is 10.1. The predicted octanol–water partition coefficient (Wildman–Crippen LogP) is 1.76. The van der Waals surface area contributed by atoms with Crippen molar-refractivity contribution < 1.29 is 9.90 Å². The van der Waals surface area contributed by atoms with E-state index in [1.807, 2.05) is 0 Å². The molecule has 2 nitrogen and oxygen atoms in total. The first-order valence-electron chi connectivity index (χ1n) is 2.82. The number of aliphatic hydroxyl groups excluding tert-OH is 1. The second-order valence-electron chi connectivity index (χ2n) is 1.78. The van der Waals surface area contributed by atoms with Crippen molar-refractivity contribution in [3.63, 3.8) is 0 Å². The number of ketones is 1. The van der Waals surface area contributed by atoms with Crippen LogP contribution in [0.1, 0.15) is 6.92 Å². The monoisotopic (exact) mass is 138 g/mol. The van der Waals surface area contributed by atoms with E-state index in [4.69, 9.17) is 5.11 Å². The summed E-state index contributed by atoms with van der Waals surface area (Å²) in [5.41, 5.74) is 0.269. The highest BCUT2D eigenvalue weighted by Crippen LogP contribution is 2.02. The van der Waals surface area contributed by atoms with Crippen molar-refractivity contribution in [1.82, 2.24) is 0 Å². The minimum Gasteiger partial charge on any atom is -0.508 e. The molecule has 0 heterocycles. The molecule has 0 amide bonds. The fourth-order valence-corrected chi connectivity index (χ4v) is 0.432. The lowest BCUT2D eigenvalue weighted by Crippen LogP contribution is -1.96. The van der Waals surface area contributed by atoms with E-state index in [9.17, 15) is 4.79 Å². The Labute approximate surface area is 60.2 Å². The molecule has 0 fully saturated rings. The second kappa shape index (κ2) is 3.67. The van der Waals surface area contributed by atoms with Crippen molar-refractivity contribution >= 4 is 5.78 Å². The van der Waals surface area contributed by atoms with Crippen LogP contribution < -0.4 is 0 Å². The molecule has 0 radical (unpaired) electrons. The fraction of sp³-hybridized carbons (Fsp3) is 0.125. The molecular formula is C8H10O2. The third-order valence-electron chi connectivity index (χ3n) is 1.13. The Morgan fingerprint density at radius 2 is 1.90 bits per heavy atom. The molecule has 54 valence electrons. The Kier molecular flexibility index (Phi) is 3.19. The van der Waals surface area contributed by atoms with Crippen LogP contribution in [0, 0.1) is 0 Å². The summed E-state index contributed by atoms with van der Waals surface area (Å²) in [5, 5.41) is 8.92. The van der Waals surface area contributed by atoms with Crippen molar-refractivity contribution in [2.75, 3.05) is 0 Å². The van der Waals surface area contributed by atoms with E-state index in [0.717, 1.165) is 6.08 Å². The molecule has 1 N–H and O–H groups in total. The van der Waals surface area contributed by atoms with Crippen molar-refractivity contribution in [3.05, 3.63) is 36.6 Å². The van der Waals surface area contributed by atoms with Gasteiger partial charge in [-0.25, -0.2) is 0 Å². The highest BCUT2D eigenvalue weighted by atomic mass is 16.3. The average molecular weight is 138 g/mol. The molecule has 10 heavy (non-hydrogen) atoms. The van der Waals surface area contributed by atoms with Gasteiger partial charge < -0.3 is 5.11 Å². The average Bonchev–Trinajstić information content (AvgIpc) is 2.00. The molecule has 0 aliphatic rings. The van der Waals surface area contributed by atoms with Crippen LogP contribution in [-0.2, 0) is 4.79 Å². The summed E-state index contributed by atoms with van der Waals surface area (Å²) >= 11 is 0. The van der Waals surface area contributed by atoms with Crippen molar-refractivity contribution in [3.8, 4) is 0 Å². The molecule has 0 saturated heterocycles. The Balaban J connectivity index is 4.61. The summed E-state index contributed by atoms with van der Waals surface area (Å²) in [6.07, 6.45) is 2.37. The van der Waals surface area contributed by atoms with Crippen LogP contribution in [0.4, 0.5) is 0 Å². The molecular weight excluding hydrogens is 128 g/mol. The van der Waals surface area contributed by atoms with Crippen LogP contribution in [0.5, 0.6) is 0 Å². The van der Waals surface area contributed by atoms with Gasteiger partial charge in [-0.15, -0.1) is 0 Å². The molecule has 0 aromatic rings. The van der Waals surface area contributed by atoms with Gasteiger partial charge in [0.25, 0.3) is 0 Å². The summed E-state index contributed by atoms with van der Waals surface area (Å²) < 4.78 is 0. The van der Waals surface area contributed by atoms with Crippen LogP contribution in [0.2, 0.25) is 0 Å². The Morgan fingerprint density at radius 1 is 1.40 bits per heavy atom. The van der Waals surface area contributed by atoms with Gasteiger partial charge in [-0.2, -0.15) is 0 Å². The highest BCUT2D eigenvalue weighted by molar-refractivity contribution is 6.03. The maximum Gasteiger partial charge on any atom is 0.184 e. The normalized spacial score (nSPS) is 11.7. The fourth-order valence-electron chi connectivity index (χ4n) is 0.432. The van der Waals surface area contributed by atoms with Gasteiger partial charge in [0.15, 0.2) is 5.78 Å². The summed E-state index contributed by atoms with van der Waals surface area (Å²) in [6.45, 7) is 8.09. The van der Waals surface area contributed by atoms with Crippen molar-refractivity contribution in [2.45, 2.75) is 6.92 Å². The van der Waals surface area contributed by atoms with Gasteiger partial charge in [0, 0.05) is 5.57 Å². The summed E-state index contributed by atoms with van der Waals surface area (Å²) in [4.78, 5) is 10.7. The van der Waals surface area contributed by atoms with E-state index in [1.165, 1.54) is 13.0 Å². The lowest BCUT2D eigenvalue weighted by Gasteiger charge is -1.95. The van der Waals surface area contributed by atoms with Gasteiger partial charge in [-0.1, -0.05) is 13.2 Å². The number of carbonyl (C=O) groups is 1. The van der Waals surface area contributed by atoms with Crippen molar-refractivity contribution in [1.29, 1.82) is 0 Å². The van der Waals surface area contributed by atoms with Crippen LogP contribution in [0.25, 0.3) is 0 Å². The zero-order valence-electron chi connectivity index (χ0n) is 5.92. The number of allylic oxidation sites excluding steroid dienone is 3. The quantitative estimate of drug-likeness (QED) is 0.366. The summed E-state index contributed by atoms with van der Waals surface area (Å²) in [6, 6.07) is 0. The SMILES string of the molecule is C=CC(=O)/C(C)=C(\O)C=C. The number of hydrogen-bond acceptors (Lipinski definition) is 2. The van der Waals surface area contributed by atoms with Crippen LogP contribution in [-0.4, -0.2) is 10.9 Å². The van der Waals surface area contributed by atoms with Gasteiger partial charge in [-0.3, -0.25) is 4.79 Å². The van der Waals surface area contributed by atoms with Crippen LogP contribution in [0.15, 0.2) is 36.6 Å². The van der Waals surface area contributed by atoms with E-state index in [0.29, 0.717) is 0 Å². The Hall–Kier alpha value is -1.31. The molecule has 2 heteroatoms. The van der Waals surface area contributed by atoms with E-state index in [2.05, 4.69) is 13.2 Å². The predicted molar refractivity (Wildman–Crippen MR) is 40.7 cm³/mol. The first-order valence-corrected chi connectivity index (χ1v) is 2.82. The van der Waals surface area contributed by atoms with Gasteiger partial charge in [-0.05, 0) is 19.1 Å². The molecule has 0 atom stereocenters. The summed E-state index contributed by atoms with van der Waals surface area (Å²) in [7, 11) is 0. The third kappa shape index (κ3) is 1.90. The van der Waals surface area contributed by atoms with E-state index < -0.39 is 0 Å². The summed E-state index contributed by atoms with van der Waals surface area (Å²) in [5.74, 6) is -0.373. The molecule has 0 aromatic heterocycles. The molecule has 0 unspecified atom stereocenters. The molecule has 0 saturated carbocycles. The molecule has 0 spiro atoms. The lowest BCUT2D eigenvalue weighted by molar-refractivity contribution is -0.111. The van der Waals surface area contributed by atoms with Crippen LogP contribution in [0.3, 0.4) is 0 Å². The minimum absolute atomic E-state index is 0.0927. The Bertz CT molecular complexity index is 199. The molecule has 0 aliphatic carbocycles. The van der Waals surface area contributed by atoms with E-state index in [-0.39, 0.29) is 17.1 Å². The smallest absolute Gasteiger partial charge is 0.184 e. The zero-order chi connectivity index (χ0) is 8.15. The first-order chi connectivity index (χ1) is 4.63. The third-order valence-corrected chi connectivity index (χ3v) is 1.13. The first kappa shape index (κ1) is 8.69. The van der Waals surface area contributed by atoms with E-state index in [1.54, 1.807) is 0 Å². The largest absolute Gasteiger partial charge is 0.508 e. The number of rotatable bonds is 3. The topological polar surface area (TPSA) is 37.3 Å². The maximum absolute atomic E-state index is 10.7. The van der Waals surface area contributed by atoms with Gasteiger partial charge in [0.1, 0.15) is 5.76 Å². The molecule has 0 bridgehead atoms. The Morgan fingerprint density at radius 3 is 2.20 bits per heavy atom.